The van der Waals surface area contributed by atoms with E-state index in [2.05, 4.69) is 38.5 Å². The maximum absolute atomic E-state index is 3.29. The fourth-order valence-corrected chi connectivity index (χ4v) is 1.67. The van der Waals surface area contributed by atoms with Gasteiger partial charge in [0, 0.05) is 12.1 Å². The molecule has 0 amide bonds. The summed E-state index contributed by atoms with van der Waals surface area (Å²) in [6.45, 7) is 9.88. The molecule has 98 valence electrons. The highest BCUT2D eigenvalue weighted by Gasteiger charge is 2.06. The Morgan fingerprint density at radius 3 is 1.75 bits per heavy atom. The van der Waals surface area contributed by atoms with Crippen LogP contribution in [0.1, 0.15) is 79.1 Å². The maximum Gasteiger partial charge on any atom is 0.0239 e. The fourth-order valence-electron chi connectivity index (χ4n) is 1.67. The lowest BCUT2D eigenvalue weighted by atomic mass is 10.1. The van der Waals surface area contributed by atoms with Gasteiger partial charge in [-0.2, -0.15) is 0 Å². The molecule has 0 saturated heterocycles. The molecule has 0 radical (unpaired) electrons. The molecule has 2 N–H and O–H groups in total. The second kappa shape index (κ2) is 10.1. The summed E-state index contributed by atoms with van der Waals surface area (Å²) in [4.78, 5) is 0. The van der Waals surface area contributed by atoms with Crippen LogP contribution in [0.15, 0.2) is 0 Å². The van der Waals surface area contributed by atoms with Gasteiger partial charge < -0.3 is 0 Å². The zero-order chi connectivity index (χ0) is 12.3. The van der Waals surface area contributed by atoms with Crippen LogP contribution in [0.5, 0.6) is 0 Å². The Morgan fingerprint density at radius 2 is 1.25 bits per heavy atom. The molecule has 0 saturated carbocycles. The lowest BCUT2D eigenvalue weighted by molar-refractivity contribution is 0.353. The van der Waals surface area contributed by atoms with E-state index in [1.54, 1.807) is 0 Å². The quantitative estimate of drug-likeness (QED) is 0.436. The van der Waals surface area contributed by atoms with Gasteiger partial charge in [-0.25, -0.2) is 0 Å². The van der Waals surface area contributed by atoms with E-state index in [1.807, 2.05) is 0 Å². The van der Waals surface area contributed by atoms with E-state index in [9.17, 15) is 0 Å². The highest BCUT2D eigenvalue weighted by Crippen LogP contribution is 2.07. The zero-order valence-electron chi connectivity index (χ0n) is 11.9. The largest absolute Gasteiger partial charge is 0.257 e. The normalized spacial score (nSPS) is 12.0. The molecule has 0 bridgehead atoms. The lowest BCUT2D eigenvalue weighted by Crippen LogP contribution is -2.46. The number of hydrazine groups is 1. The van der Waals surface area contributed by atoms with Gasteiger partial charge in [0.2, 0.25) is 0 Å². The van der Waals surface area contributed by atoms with Crippen molar-refractivity contribution in [3.63, 3.8) is 0 Å². The van der Waals surface area contributed by atoms with Crippen molar-refractivity contribution in [3.8, 4) is 0 Å². The van der Waals surface area contributed by atoms with Crippen molar-refractivity contribution in [2.45, 2.75) is 84.6 Å². The topological polar surface area (TPSA) is 24.1 Å². The summed E-state index contributed by atoms with van der Waals surface area (Å²) in [5.41, 5.74) is 6.76. The van der Waals surface area contributed by atoms with Crippen molar-refractivity contribution in [2.24, 2.45) is 0 Å². The van der Waals surface area contributed by atoms with E-state index in [1.165, 1.54) is 51.4 Å². The van der Waals surface area contributed by atoms with Crippen LogP contribution in [0, 0.1) is 0 Å². The molecule has 0 heterocycles. The van der Waals surface area contributed by atoms with E-state index in [0.29, 0.717) is 0 Å². The van der Waals surface area contributed by atoms with Crippen LogP contribution in [-0.4, -0.2) is 12.1 Å². The average molecular weight is 228 g/mol. The first-order valence-corrected chi connectivity index (χ1v) is 7.06. The van der Waals surface area contributed by atoms with Gasteiger partial charge in [0.05, 0.1) is 0 Å². The summed E-state index contributed by atoms with van der Waals surface area (Å²) >= 11 is 0. The van der Waals surface area contributed by atoms with Crippen LogP contribution < -0.4 is 10.9 Å². The summed E-state index contributed by atoms with van der Waals surface area (Å²) in [6.07, 6.45) is 11.1. The minimum absolute atomic E-state index is 0.181. The van der Waals surface area contributed by atoms with Crippen molar-refractivity contribution < 1.29 is 0 Å². The first-order chi connectivity index (χ1) is 7.56. The van der Waals surface area contributed by atoms with Crippen LogP contribution in [0.4, 0.5) is 0 Å². The summed E-state index contributed by atoms with van der Waals surface area (Å²) in [6, 6.07) is 0. The van der Waals surface area contributed by atoms with Crippen molar-refractivity contribution >= 4 is 0 Å². The molecule has 0 aliphatic rings. The van der Waals surface area contributed by atoms with Crippen LogP contribution in [-0.2, 0) is 0 Å². The summed E-state index contributed by atoms with van der Waals surface area (Å²) in [5.74, 6) is 0. The maximum atomic E-state index is 3.29. The third-order valence-electron chi connectivity index (χ3n) is 2.62. The smallest absolute Gasteiger partial charge is 0.0239 e. The minimum Gasteiger partial charge on any atom is -0.257 e. The predicted octanol–water partition coefficient (Wildman–Crippen LogP) is 4.02. The van der Waals surface area contributed by atoms with Gasteiger partial charge in [-0.15, -0.1) is 0 Å². The van der Waals surface area contributed by atoms with Crippen LogP contribution in [0.25, 0.3) is 0 Å². The molecule has 0 fully saturated rings. The molecule has 0 rings (SSSR count). The molecule has 0 aromatic heterocycles. The Kier molecular flexibility index (Phi) is 10.0. The van der Waals surface area contributed by atoms with E-state index in [0.717, 1.165) is 6.54 Å². The van der Waals surface area contributed by atoms with E-state index >= 15 is 0 Å². The molecule has 2 heteroatoms. The Hall–Kier alpha value is -0.0800. The van der Waals surface area contributed by atoms with E-state index in [4.69, 9.17) is 0 Å². The number of unbranched alkanes of at least 4 members (excludes halogenated alkanes) is 7. The summed E-state index contributed by atoms with van der Waals surface area (Å²) < 4.78 is 0. The highest BCUT2D eigenvalue weighted by atomic mass is 15.4. The van der Waals surface area contributed by atoms with Crippen LogP contribution in [0.2, 0.25) is 0 Å². The Labute approximate surface area is 103 Å². The monoisotopic (exact) mass is 228 g/mol. The molecule has 2 nitrogen and oxygen atoms in total. The van der Waals surface area contributed by atoms with Gasteiger partial charge in [0.15, 0.2) is 0 Å². The second-order valence-electron chi connectivity index (χ2n) is 5.78. The van der Waals surface area contributed by atoms with Gasteiger partial charge >= 0.3 is 0 Å². The average Bonchev–Trinajstić information content (AvgIpc) is 2.19. The zero-order valence-corrected chi connectivity index (χ0v) is 11.9. The fraction of sp³-hybridized carbons (Fsp3) is 1.00. The van der Waals surface area contributed by atoms with Crippen molar-refractivity contribution in [3.05, 3.63) is 0 Å². The SMILES string of the molecule is CCCCCCCCCCNNC(C)(C)C. The van der Waals surface area contributed by atoms with Crippen LogP contribution in [0.3, 0.4) is 0 Å². The van der Waals surface area contributed by atoms with Crippen molar-refractivity contribution in [2.75, 3.05) is 6.54 Å². The number of rotatable bonds is 10. The molecule has 0 aromatic rings. The van der Waals surface area contributed by atoms with Crippen LogP contribution >= 0.6 is 0 Å². The first-order valence-electron chi connectivity index (χ1n) is 7.06. The van der Waals surface area contributed by atoms with Gasteiger partial charge in [-0.05, 0) is 27.2 Å². The molecule has 0 spiro atoms. The molecule has 0 atom stereocenters. The molecule has 0 unspecified atom stereocenters. The summed E-state index contributed by atoms with van der Waals surface area (Å²) in [5, 5.41) is 0. The Morgan fingerprint density at radius 1 is 0.750 bits per heavy atom. The van der Waals surface area contributed by atoms with E-state index < -0.39 is 0 Å². The molecule has 0 aromatic carbocycles. The number of hydrogen-bond donors (Lipinski definition) is 2. The summed E-state index contributed by atoms with van der Waals surface area (Å²) in [7, 11) is 0. The second-order valence-corrected chi connectivity index (χ2v) is 5.78. The highest BCUT2D eigenvalue weighted by molar-refractivity contribution is 4.66. The third kappa shape index (κ3) is 13.9. The lowest BCUT2D eigenvalue weighted by Gasteiger charge is -2.21. The predicted molar refractivity (Wildman–Crippen MR) is 73.5 cm³/mol. The van der Waals surface area contributed by atoms with Gasteiger partial charge in [0.25, 0.3) is 0 Å². The van der Waals surface area contributed by atoms with E-state index in [-0.39, 0.29) is 5.54 Å². The molecule has 0 aliphatic carbocycles. The minimum atomic E-state index is 0.181. The molecular weight excluding hydrogens is 196 g/mol. The number of hydrogen-bond acceptors (Lipinski definition) is 2. The molecule has 0 aliphatic heterocycles. The first kappa shape index (κ1) is 15.9. The number of nitrogens with one attached hydrogen (secondary N) is 2. The molecule has 16 heavy (non-hydrogen) atoms. The Bertz CT molecular complexity index is 138. The van der Waals surface area contributed by atoms with Gasteiger partial charge in [-0.3, -0.25) is 10.9 Å². The molecular formula is C14H32N2. The van der Waals surface area contributed by atoms with Crippen molar-refractivity contribution in [1.82, 2.24) is 10.9 Å². The van der Waals surface area contributed by atoms with Gasteiger partial charge in [-0.1, -0.05) is 51.9 Å². The standard InChI is InChI=1S/C14H32N2/c1-5-6-7-8-9-10-11-12-13-15-16-14(2,3)4/h15-16H,5-13H2,1-4H3. The Balaban J connectivity index is 2.99. The van der Waals surface area contributed by atoms with Crippen molar-refractivity contribution in [1.29, 1.82) is 0 Å². The van der Waals surface area contributed by atoms with Gasteiger partial charge in [0.1, 0.15) is 0 Å². The third-order valence-corrected chi connectivity index (χ3v) is 2.62.